The van der Waals surface area contributed by atoms with Gasteiger partial charge in [0.2, 0.25) is 0 Å². The van der Waals surface area contributed by atoms with E-state index in [0.29, 0.717) is 25.0 Å². The number of benzene rings is 1. The Balaban J connectivity index is 1.50. The minimum Gasteiger partial charge on any atom is -0.450 e. The topological polar surface area (TPSA) is 78.0 Å². The molecule has 160 valence electrons. The second-order valence-corrected chi connectivity index (χ2v) is 7.67. The molecule has 0 bridgehead atoms. The fourth-order valence-electron chi connectivity index (χ4n) is 3.76. The Morgan fingerprint density at radius 3 is 2.90 bits per heavy atom. The second-order valence-electron chi connectivity index (χ2n) is 7.67. The SMILES string of the molecule is CCOC(=O)NC(CNC(=NC)NC1CCCN(c2cccc(F)c2)C1)C1CC1. The van der Waals surface area contributed by atoms with Crippen LogP contribution in [0, 0.1) is 11.7 Å². The number of carbonyl (C=O) groups excluding carboxylic acids is 1. The van der Waals surface area contributed by atoms with Gasteiger partial charge in [-0.05, 0) is 56.7 Å². The van der Waals surface area contributed by atoms with Crippen molar-refractivity contribution in [3.05, 3.63) is 30.1 Å². The Morgan fingerprint density at radius 1 is 1.38 bits per heavy atom. The zero-order valence-electron chi connectivity index (χ0n) is 17.3. The lowest BCUT2D eigenvalue weighted by atomic mass is 10.0. The molecule has 2 atom stereocenters. The third-order valence-corrected chi connectivity index (χ3v) is 5.42. The molecule has 1 saturated carbocycles. The Bertz CT molecular complexity index is 710. The number of ether oxygens (including phenoxy) is 1. The summed E-state index contributed by atoms with van der Waals surface area (Å²) in [5.41, 5.74) is 0.909. The van der Waals surface area contributed by atoms with Crippen molar-refractivity contribution in [2.75, 3.05) is 38.2 Å². The molecule has 1 aromatic rings. The number of anilines is 1. The van der Waals surface area contributed by atoms with E-state index in [-0.39, 0.29) is 24.0 Å². The largest absolute Gasteiger partial charge is 0.450 e. The predicted octanol–water partition coefficient (Wildman–Crippen LogP) is 2.48. The van der Waals surface area contributed by atoms with Crippen LogP contribution in [0.25, 0.3) is 0 Å². The standard InChI is InChI=1S/C21H32FN5O2/c1-3-29-21(28)26-19(15-9-10-15)13-24-20(23-2)25-17-7-5-11-27(14-17)18-8-4-6-16(22)12-18/h4,6,8,12,15,17,19H,3,5,7,9-11,13-14H2,1-2H3,(H,26,28)(H2,23,24,25). The molecule has 1 aromatic carbocycles. The van der Waals surface area contributed by atoms with Crippen LogP contribution in [-0.2, 0) is 4.74 Å². The summed E-state index contributed by atoms with van der Waals surface area (Å²) in [7, 11) is 1.74. The van der Waals surface area contributed by atoms with Gasteiger partial charge in [-0.3, -0.25) is 4.99 Å². The number of piperidine rings is 1. The van der Waals surface area contributed by atoms with Crippen molar-refractivity contribution in [2.24, 2.45) is 10.9 Å². The molecule has 3 rings (SSSR count). The monoisotopic (exact) mass is 405 g/mol. The number of nitrogens with one attached hydrogen (secondary N) is 3. The molecule has 3 N–H and O–H groups in total. The lowest BCUT2D eigenvalue weighted by Crippen LogP contribution is -2.53. The smallest absolute Gasteiger partial charge is 0.407 e. The highest BCUT2D eigenvalue weighted by atomic mass is 19.1. The zero-order valence-corrected chi connectivity index (χ0v) is 17.3. The normalized spacial score (nSPS) is 20.7. The molecule has 0 spiro atoms. The third kappa shape index (κ3) is 6.51. The average molecular weight is 406 g/mol. The fourth-order valence-corrected chi connectivity index (χ4v) is 3.76. The van der Waals surface area contributed by atoms with Crippen molar-refractivity contribution >= 4 is 17.7 Å². The van der Waals surface area contributed by atoms with Gasteiger partial charge < -0.3 is 25.6 Å². The summed E-state index contributed by atoms with van der Waals surface area (Å²) in [6, 6.07) is 6.99. The lowest BCUT2D eigenvalue weighted by Gasteiger charge is -2.35. The molecule has 7 nitrogen and oxygen atoms in total. The highest BCUT2D eigenvalue weighted by Crippen LogP contribution is 2.32. The minimum absolute atomic E-state index is 0.0303. The van der Waals surface area contributed by atoms with E-state index in [4.69, 9.17) is 4.74 Å². The first kappa shape index (κ1) is 21.2. The maximum Gasteiger partial charge on any atom is 0.407 e. The first-order valence-corrected chi connectivity index (χ1v) is 10.5. The van der Waals surface area contributed by atoms with Crippen LogP contribution in [0.4, 0.5) is 14.9 Å². The Hall–Kier alpha value is -2.51. The van der Waals surface area contributed by atoms with Gasteiger partial charge in [-0.25, -0.2) is 9.18 Å². The Morgan fingerprint density at radius 2 is 2.21 bits per heavy atom. The molecule has 2 unspecified atom stereocenters. The quantitative estimate of drug-likeness (QED) is 0.480. The molecule has 1 aliphatic heterocycles. The second kappa shape index (κ2) is 10.3. The Kier molecular flexibility index (Phi) is 7.55. The summed E-state index contributed by atoms with van der Waals surface area (Å²) in [5, 5.41) is 9.76. The van der Waals surface area contributed by atoms with Gasteiger partial charge in [0.1, 0.15) is 5.82 Å². The van der Waals surface area contributed by atoms with Gasteiger partial charge in [0, 0.05) is 38.4 Å². The van der Waals surface area contributed by atoms with E-state index in [9.17, 15) is 9.18 Å². The molecule has 1 amide bonds. The van der Waals surface area contributed by atoms with Gasteiger partial charge in [-0.1, -0.05) is 6.07 Å². The van der Waals surface area contributed by atoms with Crippen molar-refractivity contribution < 1.29 is 13.9 Å². The van der Waals surface area contributed by atoms with E-state index in [1.54, 1.807) is 26.1 Å². The molecular formula is C21H32FN5O2. The van der Waals surface area contributed by atoms with Gasteiger partial charge in [0.25, 0.3) is 0 Å². The number of nitrogens with zero attached hydrogens (tertiary/aromatic N) is 2. The van der Waals surface area contributed by atoms with E-state index in [1.807, 2.05) is 6.07 Å². The maximum absolute atomic E-state index is 13.6. The molecule has 1 saturated heterocycles. The molecule has 2 aliphatic rings. The summed E-state index contributed by atoms with van der Waals surface area (Å²) in [5.74, 6) is 0.992. The molecule has 1 aliphatic carbocycles. The predicted molar refractivity (Wildman–Crippen MR) is 113 cm³/mol. The number of aliphatic imine (C=N–C) groups is 1. The first-order chi connectivity index (χ1) is 14.1. The van der Waals surface area contributed by atoms with Crippen LogP contribution in [0.3, 0.4) is 0 Å². The van der Waals surface area contributed by atoms with Crippen molar-refractivity contribution in [1.82, 2.24) is 16.0 Å². The van der Waals surface area contributed by atoms with Crippen LogP contribution in [-0.4, -0.2) is 57.4 Å². The van der Waals surface area contributed by atoms with Gasteiger partial charge in [0.05, 0.1) is 12.6 Å². The van der Waals surface area contributed by atoms with E-state index in [0.717, 1.165) is 44.5 Å². The zero-order chi connectivity index (χ0) is 20.6. The van der Waals surface area contributed by atoms with Crippen LogP contribution in [0.1, 0.15) is 32.6 Å². The van der Waals surface area contributed by atoms with Gasteiger partial charge >= 0.3 is 6.09 Å². The molecule has 29 heavy (non-hydrogen) atoms. The number of halogens is 1. The third-order valence-electron chi connectivity index (χ3n) is 5.42. The van der Waals surface area contributed by atoms with E-state index in [1.165, 1.54) is 6.07 Å². The molecule has 8 heteroatoms. The molecule has 2 fully saturated rings. The summed E-state index contributed by atoms with van der Waals surface area (Å²) >= 11 is 0. The first-order valence-electron chi connectivity index (χ1n) is 10.5. The van der Waals surface area contributed by atoms with Crippen molar-refractivity contribution in [2.45, 2.75) is 44.7 Å². The van der Waals surface area contributed by atoms with E-state index < -0.39 is 0 Å². The van der Waals surface area contributed by atoms with Crippen LogP contribution in [0.15, 0.2) is 29.3 Å². The number of carbonyl (C=O) groups is 1. The van der Waals surface area contributed by atoms with Gasteiger partial charge in [-0.15, -0.1) is 0 Å². The minimum atomic E-state index is -0.368. The number of hydrogen-bond donors (Lipinski definition) is 3. The highest BCUT2D eigenvalue weighted by Gasteiger charge is 2.33. The van der Waals surface area contributed by atoms with Crippen molar-refractivity contribution in [3.63, 3.8) is 0 Å². The lowest BCUT2D eigenvalue weighted by molar-refractivity contribution is 0.146. The van der Waals surface area contributed by atoms with Crippen LogP contribution in [0.5, 0.6) is 0 Å². The van der Waals surface area contributed by atoms with E-state index >= 15 is 0 Å². The van der Waals surface area contributed by atoms with Crippen LogP contribution in [0.2, 0.25) is 0 Å². The number of hydrogen-bond acceptors (Lipinski definition) is 4. The Labute approximate surface area is 172 Å². The maximum atomic E-state index is 13.6. The van der Waals surface area contributed by atoms with Crippen molar-refractivity contribution in [1.29, 1.82) is 0 Å². The number of alkyl carbamates (subject to hydrolysis) is 1. The molecule has 0 aromatic heterocycles. The van der Waals surface area contributed by atoms with Gasteiger partial charge in [0.15, 0.2) is 5.96 Å². The van der Waals surface area contributed by atoms with Gasteiger partial charge in [-0.2, -0.15) is 0 Å². The van der Waals surface area contributed by atoms with Crippen LogP contribution < -0.4 is 20.9 Å². The van der Waals surface area contributed by atoms with Crippen molar-refractivity contribution in [3.8, 4) is 0 Å². The highest BCUT2D eigenvalue weighted by molar-refractivity contribution is 5.80. The summed E-state index contributed by atoms with van der Waals surface area (Å²) in [4.78, 5) is 18.3. The number of amides is 1. The molecule has 1 heterocycles. The summed E-state index contributed by atoms with van der Waals surface area (Å²) < 4.78 is 18.6. The summed E-state index contributed by atoms with van der Waals surface area (Å²) in [6.45, 7) is 4.47. The average Bonchev–Trinajstić information content (AvgIpc) is 3.56. The number of rotatable bonds is 7. The molecule has 0 radical (unpaired) electrons. The van der Waals surface area contributed by atoms with E-state index in [2.05, 4.69) is 25.8 Å². The molecular weight excluding hydrogens is 373 g/mol. The summed E-state index contributed by atoms with van der Waals surface area (Å²) in [6.07, 6.45) is 3.93. The number of guanidine groups is 1. The fraction of sp³-hybridized carbons (Fsp3) is 0.619. The van der Waals surface area contributed by atoms with Crippen LogP contribution >= 0.6 is 0 Å².